The van der Waals surface area contributed by atoms with Crippen LogP contribution in [0.5, 0.6) is 0 Å². The highest BCUT2D eigenvalue weighted by molar-refractivity contribution is 5.70. The summed E-state index contributed by atoms with van der Waals surface area (Å²) in [5, 5.41) is 6.19. The van der Waals surface area contributed by atoms with Gasteiger partial charge < -0.3 is 10.6 Å². The van der Waals surface area contributed by atoms with Crippen molar-refractivity contribution in [3.8, 4) is 0 Å². The quantitative estimate of drug-likeness (QED) is 0.713. The zero-order chi connectivity index (χ0) is 8.97. The van der Waals surface area contributed by atoms with Crippen LogP contribution in [0.3, 0.4) is 0 Å². The van der Waals surface area contributed by atoms with E-state index < -0.39 is 0 Å². The zero-order valence-electron chi connectivity index (χ0n) is 7.52. The van der Waals surface area contributed by atoms with E-state index in [9.17, 15) is 0 Å². The van der Waals surface area contributed by atoms with Gasteiger partial charge in [0.2, 0.25) is 0 Å². The van der Waals surface area contributed by atoms with Crippen LogP contribution in [0, 0.1) is 0 Å². The van der Waals surface area contributed by atoms with Crippen molar-refractivity contribution in [3.63, 3.8) is 0 Å². The van der Waals surface area contributed by atoms with Gasteiger partial charge in [0.15, 0.2) is 0 Å². The lowest BCUT2D eigenvalue weighted by molar-refractivity contribution is 1.45. The van der Waals surface area contributed by atoms with Crippen LogP contribution < -0.4 is 10.6 Å². The van der Waals surface area contributed by atoms with Gasteiger partial charge in [0.25, 0.3) is 0 Å². The minimum Gasteiger partial charge on any atom is -0.388 e. The first-order valence-corrected chi connectivity index (χ1v) is 3.93. The summed E-state index contributed by atoms with van der Waals surface area (Å²) in [7, 11) is 3.81. The van der Waals surface area contributed by atoms with Crippen molar-refractivity contribution < 1.29 is 0 Å². The molecule has 0 bridgehead atoms. The summed E-state index contributed by atoms with van der Waals surface area (Å²) < 4.78 is 0. The Balaban J connectivity index is 3.10. The predicted octanol–water partition coefficient (Wildman–Crippen LogP) is 2.41. The van der Waals surface area contributed by atoms with Gasteiger partial charge in [-0.1, -0.05) is 18.7 Å². The summed E-state index contributed by atoms with van der Waals surface area (Å²) in [5.74, 6) is 0. The summed E-state index contributed by atoms with van der Waals surface area (Å²) in [6.07, 6.45) is 1.84. The molecule has 2 N–H and O–H groups in total. The Morgan fingerprint density at radius 1 is 1.25 bits per heavy atom. The molecule has 0 atom stereocenters. The van der Waals surface area contributed by atoms with Gasteiger partial charge in [-0.15, -0.1) is 0 Å². The van der Waals surface area contributed by atoms with Crippen molar-refractivity contribution in [1.29, 1.82) is 0 Å². The molecule has 0 aliphatic heterocycles. The van der Waals surface area contributed by atoms with E-state index in [1.54, 1.807) is 0 Å². The van der Waals surface area contributed by atoms with Crippen LogP contribution >= 0.6 is 0 Å². The van der Waals surface area contributed by atoms with Crippen molar-refractivity contribution in [3.05, 3.63) is 30.3 Å². The molecule has 0 saturated heterocycles. The van der Waals surface area contributed by atoms with Gasteiger partial charge in [-0.05, 0) is 17.7 Å². The van der Waals surface area contributed by atoms with Crippen LogP contribution in [0.25, 0.3) is 6.08 Å². The number of hydrogen-bond acceptors (Lipinski definition) is 2. The minimum atomic E-state index is 1.09. The van der Waals surface area contributed by atoms with Gasteiger partial charge in [-0.3, -0.25) is 0 Å². The van der Waals surface area contributed by atoms with Gasteiger partial charge >= 0.3 is 0 Å². The third kappa shape index (κ3) is 1.59. The molecule has 0 fully saturated rings. The molecule has 12 heavy (non-hydrogen) atoms. The molecule has 0 aliphatic carbocycles. The number of benzene rings is 1. The zero-order valence-corrected chi connectivity index (χ0v) is 7.52. The highest BCUT2D eigenvalue weighted by Crippen LogP contribution is 2.20. The molecule has 0 amide bonds. The lowest BCUT2D eigenvalue weighted by Crippen LogP contribution is -1.94. The molecule has 2 heteroatoms. The third-order valence-electron chi connectivity index (χ3n) is 1.83. The Labute approximate surface area is 73.3 Å². The monoisotopic (exact) mass is 162 g/mol. The fourth-order valence-electron chi connectivity index (χ4n) is 1.11. The molecule has 0 radical (unpaired) electrons. The van der Waals surface area contributed by atoms with Crippen LogP contribution in [0.15, 0.2) is 24.8 Å². The molecule has 0 unspecified atom stereocenters. The number of nitrogens with one attached hydrogen (secondary N) is 2. The van der Waals surface area contributed by atoms with Crippen LogP contribution in [-0.2, 0) is 0 Å². The van der Waals surface area contributed by atoms with Crippen molar-refractivity contribution in [2.24, 2.45) is 0 Å². The predicted molar refractivity (Wildman–Crippen MR) is 55.6 cm³/mol. The van der Waals surface area contributed by atoms with Crippen molar-refractivity contribution in [1.82, 2.24) is 0 Å². The minimum absolute atomic E-state index is 1.09. The number of hydrogen-bond donors (Lipinski definition) is 2. The fourth-order valence-corrected chi connectivity index (χ4v) is 1.11. The van der Waals surface area contributed by atoms with E-state index in [0.717, 1.165) is 16.9 Å². The fraction of sp³-hybridized carbons (Fsp3) is 0.200. The second-order valence-corrected chi connectivity index (χ2v) is 2.51. The van der Waals surface area contributed by atoms with Gasteiger partial charge in [-0.25, -0.2) is 0 Å². The third-order valence-corrected chi connectivity index (χ3v) is 1.83. The molecule has 1 rings (SSSR count). The summed E-state index contributed by atoms with van der Waals surface area (Å²) in [5.41, 5.74) is 3.32. The van der Waals surface area contributed by atoms with Crippen molar-refractivity contribution >= 4 is 17.5 Å². The van der Waals surface area contributed by atoms with E-state index in [-0.39, 0.29) is 0 Å². The Bertz CT molecular complexity index is 279. The molecule has 64 valence electrons. The first-order chi connectivity index (χ1) is 5.81. The lowest BCUT2D eigenvalue weighted by atomic mass is 10.1. The first kappa shape index (κ1) is 8.65. The van der Waals surface area contributed by atoms with Crippen molar-refractivity contribution in [2.75, 3.05) is 24.7 Å². The average Bonchev–Trinajstić information content (AvgIpc) is 2.16. The molecule has 1 aromatic carbocycles. The van der Waals surface area contributed by atoms with E-state index >= 15 is 0 Å². The van der Waals surface area contributed by atoms with Crippen LogP contribution in [0.2, 0.25) is 0 Å². The number of rotatable bonds is 3. The first-order valence-electron chi connectivity index (χ1n) is 3.93. The van der Waals surface area contributed by atoms with E-state index in [1.165, 1.54) is 0 Å². The van der Waals surface area contributed by atoms with Crippen LogP contribution in [0.4, 0.5) is 11.4 Å². The summed E-state index contributed by atoms with van der Waals surface area (Å²) in [4.78, 5) is 0. The summed E-state index contributed by atoms with van der Waals surface area (Å²) >= 11 is 0. The second kappa shape index (κ2) is 3.81. The molecule has 0 aliphatic rings. The highest BCUT2D eigenvalue weighted by atomic mass is 14.9. The summed E-state index contributed by atoms with van der Waals surface area (Å²) in [6.45, 7) is 3.73. The molecular formula is C10H14N2. The van der Waals surface area contributed by atoms with Gasteiger partial charge in [0.05, 0.1) is 0 Å². The van der Waals surface area contributed by atoms with Gasteiger partial charge in [0.1, 0.15) is 0 Å². The largest absolute Gasteiger partial charge is 0.388 e. The Hall–Kier alpha value is -1.44. The van der Waals surface area contributed by atoms with E-state index in [0.29, 0.717) is 0 Å². The highest BCUT2D eigenvalue weighted by Gasteiger charge is 1.96. The molecule has 0 heterocycles. The van der Waals surface area contributed by atoms with Crippen LogP contribution in [-0.4, -0.2) is 14.1 Å². The summed E-state index contributed by atoms with van der Waals surface area (Å²) in [6, 6.07) is 6.11. The van der Waals surface area contributed by atoms with Crippen LogP contribution in [0.1, 0.15) is 5.56 Å². The molecule has 0 spiro atoms. The van der Waals surface area contributed by atoms with Gasteiger partial charge in [-0.2, -0.15) is 0 Å². The molecule has 0 aromatic heterocycles. The lowest BCUT2D eigenvalue weighted by Gasteiger charge is -2.07. The van der Waals surface area contributed by atoms with E-state index in [2.05, 4.69) is 23.3 Å². The second-order valence-electron chi connectivity index (χ2n) is 2.51. The molecule has 2 nitrogen and oxygen atoms in total. The maximum atomic E-state index is 3.73. The van der Waals surface area contributed by atoms with Gasteiger partial charge in [0, 0.05) is 25.5 Å². The van der Waals surface area contributed by atoms with E-state index in [1.807, 2.05) is 32.3 Å². The average molecular weight is 162 g/mol. The molecular weight excluding hydrogens is 148 g/mol. The molecule has 0 saturated carbocycles. The standard InChI is InChI=1S/C10H14N2/c1-4-8-5-6-9(11-2)7-10(8)12-3/h4-7,11-12H,1H2,2-3H3. The Morgan fingerprint density at radius 2 is 2.00 bits per heavy atom. The number of anilines is 2. The van der Waals surface area contributed by atoms with E-state index in [4.69, 9.17) is 0 Å². The Kier molecular flexibility index (Phi) is 2.75. The smallest absolute Gasteiger partial charge is 0.0431 e. The SMILES string of the molecule is C=Cc1ccc(NC)cc1NC. The Morgan fingerprint density at radius 3 is 2.50 bits per heavy atom. The van der Waals surface area contributed by atoms with Crippen molar-refractivity contribution in [2.45, 2.75) is 0 Å². The molecule has 1 aromatic rings. The maximum absolute atomic E-state index is 3.73. The topological polar surface area (TPSA) is 24.1 Å². The normalized spacial score (nSPS) is 9.17. The maximum Gasteiger partial charge on any atom is 0.0431 e.